The molecule has 0 nitrogen and oxygen atoms in total. The van der Waals surface area contributed by atoms with Crippen LogP contribution in [-0.4, -0.2) is 0 Å². The first-order chi connectivity index (χ1) is 9.51. The summed E-state index contributed by atoms with van der Waals surface area (Å²) >= 11 is 16.8. The van der Waals surface area contributed by atoms with Gasteiger partial charge in [-0.1, -0.05) is 37.0 Å². The molecule has 0 fully saturated rings. The van der Waals surface area contributed by atoms with Gasteiger partial charge in [-0.2, -0.15) is 0 Å². The Morgan fingerprint density at radius 3 is 1.50 bits per heavy atom. The lowest BCUT2D eigenvalue weighted by atomic mass is 9.98. The molecule has 0 saturated carbocycles. The SMILES string of the molecule is CCc1c2sc(C)c(Cl)c2c(CC)c2c(Cl)c(C)sc12. The van der Waals surface area contributed by atoms with Crippen LogP contribution in [0.15, 0.2) is 0 Å². The summed E-state index contributed by atoms with van der Waals surface area (Å²) in [6, 6.07) is 0. The van der Waals surface area contributed by atoms with Crippen molar-refractivity contribution < 1.29 is 0 Å². The molecule has 0 aliphatic carbocycles. The number of aryl methyl sites for hydroxylation is 4. The van der Waals surface area contributed by atoms with Crippen LogP contribution in [-0.2, 0) is 12.8 Å². The smallest absolute Gasteiger partial charge is 0.0624 e. The standard InChI is InChI=1S/C16H16Cl2S2/c1-5-9-11-13(17)7(3)19-15(11)10(6-2)16-12(9)14(18)8(4)20-16/h5-6H2,1-4H3. The molecule has 0 amide bonds. The van der Waals surface area contributed by atoms with Crippen LogP contribution in [0.3, 0.4) is 0 Å². The van der Waals surface area contributed by atoms with Gasteiger partial charge >= 0.3 is 0 Å². The number of halogens is 2. The monoisotopic (exact) mass is 342 g/mol. The Labute approximate surface area is 137 Å². The van der Waals surface area contributed by atoms with Gasteiger partial charge in [-0.05, 0) is 37.8 Å². The number of benzene rings is 1. The highest BCUT2D eigenvalue weighted by molar-refractivity contribution is 7.22. The van der Waals surface area contributed by atoms with Crippen molar-refractivity contribution in [2.75, 3.05) is 0 Å². The lowest BCUT2D eigenvalue weighted by Crippen LogP contribution is -1.89. The summed E-state index contributed by atoms with van der Waals surface area (Å²) in [5.41, 5.74) is 2.73. The molecule has 0 spiro atoms. The van der Waals surface area contributed by atoms with Gasteiger partial charge in [0.05, 0.1) is 10.0 Å². The highest BCUT2D eigenvalue weighted by Crippen LogP contribution is 2.48. The molecule has 4 heteroatoms. The van der Waals surface area contributed by atoms with E-state index in [0.717, 1.165) is 22.9 Å². The molecule has 0 radical (unpaired) electrons. The summed E-state index contributed by atoms with van der Waals surface area (Å²) in [4.78, 5) is 2.41. The van der Waals surface area contributed by atoms with Crippen LogP contribution in [0.1, 0.15) is 34.7 Å². The number of hydrogen-bond donors (Lipinski definition) is 0. The third-order valence-electron chi connectivity index (χ3n) is 3.88. The van der Waals surface area contributed by atoms with Crippen molar-refractivity contribution in [3.63, 3.8) is 0 Å². The Bertz CT molecular complexity index is 761. The van der Waals surface area contributed by atoms with Gasteiger partial charge in [0.25, 0.3) is 0 Å². The Morgan fingerprint density at radius 2 is 1.15 bits per heavy atom. The minimum Gasteiger partial charge on any atom is -0.139 e. The van der Waals surface area contributed by atoms with Gasteiger partial charge in [0.1, 0.15) is 0 Å². The number of thiophene rings is 2. The van der Waals surface area contributed by atoms with Crippen LogP contribution in [0.2, 0.25) is 10.0 Å². The third-order valence-corrected chi connectivity index (χ3v) is 7.38. The lowest BCUT2D eigenvalue weighted by Gasteiger charge is -2.09. The number of fused-ring (bicyclic) bond motifs is 2. The van der Waals surface area contributed by atoms with Gasteiger partial charge in [0.2, 0.25) is 0 Å². The molecule has 3 aromatic rings. The first-order valence-electron chi connectivity index (χ1n) is 6.82. The molecular weight excluding hydrogens is 327 g/mol. The molecule has 1 aromatic carbocycles. The molecule has 0 aliphatic rings. The van der Waals surface area contributed by atoms with E-state index >= 15 is 0 Å². The molecule has 0 N–H and O–H groups in total. The number of hydrogen-bond acceptors (Lipinski definition) is 2. The molecule has 0 unspecified atom stereocenters. The molecule has 20 heavy (non-hydrogen) atoms. The summed E-state index contributed by atoms with van der Waals surface area (Å²) in [5.74, 6) is 0. The van der Waals surface area contributed by atoms with Gasteiger partial charge in [0.15, 0.2) is 0 Å². The second kappa shape index (κ2) is 5.17. The molecule has 0 aliphatic heterocycles. The Morgan fingerprint density at radius 1 is 0.750 bits per heavy atom. The Hall–Kier alpha value is -0.280. The highest BCUT2D eigenvalue weighted by atomic mass is 35.5. The Kier molecular flexibility index (Phi) is 3.79. The highest BCUT2D eigenvalue weighted by Gasteiger charge is 2.22. The minimum atomic E-state index is 0.915. The fourth-order valence-electron chi connectivity index (χ4n) is 2.92. The molecule has 0 saturated heterocycles. The van der Waals surface area contributed by atoms with E-state index in [1.807, 2.05) is 22.7 Å². The predicted octanol–water partition coefficient (Wildman–Crippen LogP) is 7.16. The van der Waals surface area contributed by atoms with E-state index in [1.165, 1.54) is 41.1 Å². The van der Waals surface area contributed by atoms with E-state index in [-0.39, 0.29) is 0 Å². The molecule has 106 valence electrons. The summed E-state index contributed by atoms with van der Waals surface area (Å²) < 4.78 is 2.72. The van der Waals surface area contributed by atoms with E-state index in [4.69, 9.17) is 23.2 Å². The predicted molar refractivity (Wildman–Crippen MR) is 95.5 cm³/mol. The minimum absolute atomic E-state index is 0.915. The molecule has 2 heterocycles. The molecule has 3 rings (SSSR count). The second-order valence-electron chi connectivity index (χ2n) is 5.02. The summed E-state index contributed by atoms with van der Waals surface area (Å²) in [6.45, 7) is 8.61. The maximum Gasteiger partial charge on any atom is 0.0624 e. The second-order valence-corrected chi connectivity index (χ2v) is 8.22. The van der Waals surface area contributed by atoms with Gasteiger partial charge in [0, 0.05) is 29.9 Å². The van der Waals surface area contributed by atoms with Crippen molar-refractivity contribution in [1.29, 1.82) is 0 Å². The largest absolute Gasteiger partial charge is 0.139 e. The Balaban J connectivity index is 2.67. The number of rotatable bonds is 2. The maximum atomic E-state index is 6.58. The van der Waals surface area contributed by atoms with E-state index in [9.17, 15) is 0 Å². The fraction of sp³-hybridized carbons (Fsp3) is 0.375. The molecule has 0 bridgehead atoms. The zero-order valence-electron chi connectivity index (χ0n) is 12.0. The molecule has 0 atom stereocenters. The summed E-state index contributed by atoms with van der Waals surface area (Å²) in [6.07, 6.45) is 1.98. The van der Waals surface area contributed by atoms with Crippen molar-refractivity contribution in [3.05, 3.63) is 30.9 Å². The topological polar surface area (TPSA) is 0 Å². The van der Waals surface area contributed by atoms with Crippen molar-refractivity contribution in [3.8, 4) is 0 Å². The average Bonchev–Trinajstić information content (AvgIpc) is 2.87. The zero-order chi connectivity index (χ0) is 14.6. The van der Waals surface area contributed by atoms with Crippen LogP contribution >= 0.6 is 45.9 Å². The first-order valence-corrected chi connectivity index (χ1v) is 9.20. The van der Waals surface area contributed by atoms with E-state index in [2.05, 4.69) is 27.7 Å². The van der Waals surface area contributed by atoms with Crippen LogP contribution in [0.25, 0.3) is 20.2 Å². The quantitative estimate of drug-likeness (QED) is 0.463. The fourth-order valence-corrected chi connectivity index (χ4v) is 6.13. The molecular formula is C16H16Cl2S2. The normalized spacial score (nSPS) is 11.9. The van der Waals surface area contributed by atoms with Gasteiger partial charge in [-0.25, -0.2) is 0 Å². The van der Waals surface area contributed by atoms with Crippen molar-refractivity contribution in [2.24, 2.45) is 0 Å². The van der Waals surface area contributed by atoms with Crippen LogP contribution < -0.4 is 0 Å². The third kappa shape index (κ3) is 1.85. The van der Waals surface area contributed by atoms with Gasteiger partial charge < -0.3 is 0 Å². The van der Waals surface area contributed by atoms with Crippen molar-refractivity contribution in [2.45, 2.75) is 40.5 Å². The first kappa shape index (κ1) is 14.6. The van der Waals surface area contributed by atoms with Gasteiger partial charge in [-0.3, -0.25) is 0 Å². The van der Waals surface area contributed by atoms with Gasteiger partial charge in [-0.15, -0.1) is 22.7 Å². The summed E-state index contributed by atoms with van der Waals surface area (Å²) in [7, 11) is 0. The van der Waals surface area contributed by atoms with Crippen LogP contribution in [0.5, 0.6) is 0 Å². The summed E-state index contributed by atoms with van der Waals surface area (Å²) in [5, 5.41) is 4.30. The van der Waals surface area contributed by atoms with Crippen LogP contribution in [0, 0.1) is 13.8 Å². The zero-order valence-corrected chi connectivity index (χ0v) is 15.1. The maximum absolute atomic E-state index is 6.58. The lowest BCUT2D eigenvalue weighted by molar-refractivity contribution is 1.16. The van der Waals surface area contributed by atoms with E-state index in [0.29, 0.717) is 0 Å². The van der Waals surface area contributed by atoms with Crippen molar-refractivity contribution >= 4 is 66.0 Å². The van der Waals surface area contributed by atoms with E-state index < -0.39 is 0 Å². The average molecular weight is 343 g/mol. The van der Waals surface area contributed by atoms with Crippen LogP contribution in [0.4, 0.5) is 0 Å². The van der Waals surface area contributed by atoms with Crippen molar-refractivity contribution in [1.82, 2.24) is 0 Å². The molecule has 2 aromatic heterocycles. The van der Waals surface area contributed by atoms with E-state index in [1.54, 1.807) is 0 Å².